The van der Waals surface area contributed by atoms with Crippen LogP contribution in [0, 0.1) is 6.92 Å². The number of hydrogen-bond donors (Lipinski definition) is 2. The Balaban J connectivity index is 1.84. The molecule has 0 aliphatic heterocycles. The lowest BCUT2D eigenvalue weighted by Gasteiger charge is -2.17. The third-order valence-electron chi connectivity index (χ3n) is 3.93. The molecule has 2 N–H and O–H groups in total. The van der Waals surface area contributed by atoms with Gasteiger partial charge in [-0.2, -0.15) is 5.10 Å². The smallest absolute Gasteiger partial charge is 0.251 e. The van der Waals surface area contributed by atoms with E-state index in [2.05, 4.69) is 22.4 Å². The van der Waals surface area contributed by atoms with E-state index in [-0.39, 0.29) is 11.9 Å². The minimum Gasteiger partial charge on any atom is -0.345 e. The first-order valence-electron chi connectivity index (χ1n) is 7.49. The number of aryl methyl sites for hydroxylation is 1. The van der Waals surface area contributed by atoms with Gasteiger partial charge in [0, 0.05) is 10.9 Å². The summed E-state index contributed by atoms with van der Waals surface area (Å²) in [5.74, 6) is -0.0572. The minimum absolute atomic E-state index is 0.0230. The second-order valence-electron chi connectivity index (χ2n) is 5.41. The van der Waals surface area contributed by atoms with Crippen molar-refractivity contribution in [1.82, 2.24) is 15.5 Å². The summed E-state index contributed by atoms with van der Waals surface area (Å²) in [7, 11) is 0. The van der Waals surface area contributed by atoms with Crippen molar-refractivity contribution < 1.29 is 4.79 Å². The summed E-state index contributed by atoms with van der Waals surface area (Å²) >= 11 is 0. The van der Waals surface area contributed by atoms with E-state index in [9.17, 15) is 4.79 Å². The van der Waals surface area contributed by atoms with Crippen LogP contribution in [0.3, 0.4) is 0 Å². The number of carbonyl (C=O) groups is 1. The molecule has 4 nitrogen and oxygen atoms in total. The van der Waals surface area contributed by atoms with E-state index >= 15 is 0 Å². The minimum atomic E-state index is -0.0572. The number of aromatic nitrogens is 2. The molecule has 3 aromatic rings. The van der Waals surface area contributed by atoms with Crippen LogP contribution in [-0.4, -0.2) is 16.1 Å². The summed E-state index contributed by atoms with van der Waals surface area (Å²) in [4.78, 5) is 12.5. The van der Waals surface area contributed by atoms with Crippen molar-refractivity contribution in [3.8, 4) is 0 Å². The van der Waals surface area contributed by atoms with Gasteiger partial charge in [0.2, 0.25) is 0 Å². The van der Waals surface area contributed by atoms with E-state index in [1.54, 1.807) is 0 Å². The lowest BCUT2D eigenvalue weighted by Crippen LogP contribution is -2.28. The van der Waals surface area contributed by atoms with Crippen LogP contribution in [0.1, 0.15) is 41.0 Å². The first-order valence-corrected chi connectivity index (χ1v) is 7.49. The summed E-state index contributed by atoms with van der Waals surface area (Å²) < 4.78 is 0. The van der Waals surface area contributed by atoms with E-state index in [1.165, 1.54) is 0 Å². The summed E-state index contributed by atoms with van der Waals surface area (Å²) in [6, 6.07) is 15.7. The fourth-order valence-electron chi connectivity index (χ4n) is 2.63. The van der Waals surface area contributed by atoms with Crippen LogP contribution in [0.5, 0.6) is 0 Å². The molecule has 22 heavy (non-hydrogen) atoms. The maximum Gasteiger partial charge on any atom is 0.251 e. The van der Waals surface area contributed by atoms with Crippen LogP contribution >= 0.6 is 0 Å². The molecule has 0 unspecified atom stereocenters. The maximum absolute atomic E-state index is 12.5. The van der Waals surface area contributed by atoms with Gasteiger partial charge in [0.25, 0.3) is 5.91 Å². The van der Waals surface area contributed by atoms with Gasteiger partial charge in [0.15, 0.2) is 0 Å². The topological polar surface area (TPSA) is 57.8 Å². The average molecular weight is 293 g/mol. The molecule has 0 radical (unpaired) electrons. The van der Waals surface area contributed by atoms with Crippen LogP contribution in [0.4, 0.5) is 0 Å². The quantitative estimate of drug-likeness (QED) is 0.769. The summed E-state index contributed by atoms with van der Waals surface area (Å²) in [5, 5.41) is 11.2. The molecular formula is C18H19N3O. The second kappa shape index (κ2) is 6.02. The Morgan fingerprint density at radius 2 is 2.00 bits per heavy atom. The van der Waals surface area contributed by atoms with Crippen molar-refractivity contribution in [3.63, 3.8) is 0 Å². The molecule has 0 fully saturated rings. The van der Waals surface area contributed by atoms with Gasteiger partial charge >= 0.3 is 0 Å². The summed E-state index contributed by atoms with van der Waals surface area (Å²) in [6.07, 6.45) is 0.850. The third kappa shape index (κ3) is 2.72. The van der Waals surface area contributed by atoms with Crippen molar-refractivity contribution in [3.05, 3.63) is 65.4 Å². The van der Waals surface area contributed by atoms with Gasteiger partial charge in [-0.3, -0.25) is 9.89 Å². The van der Waals surface area contributed by atoms with Crippen molar-refractivity contribution in [2.75, 3.05) is 0 Å². The van der Waals surface area contributed by atoms with Crippen LogP contribution in [0.2, 0.25) is 0 Å². The number of hydrogen-bond acceptors (Lipinski definition) is 2. The predicted molar refractivity (Wildman–Crippen MR) is 87.8 cm³/mol. The highest BCUT2D eigenvalue weighted by Gasteiger charge is 2.14. The van der Waals surface area contributed by atoms with E-state index in [4.69, 9.17) is 0 Å². The molecular weight excluding hydrogens is 274 g/mol. The molecule has 0 spiro atoms. The van der Waals surface area contributed by atoms with Crippen molar-refractivity contribution in [2.24, 2.45) is 0 Å². The monoisotopic (exact) mass is 293 g/mol. The standard InChI is InChI=1S/C18H19N3O/c1-3-16(13-7-5-4-6-8-13)19-18(22)14-9-10-17-15(11-14)12(2)20-21-17/h4-11,16H,3H2,1-2H3,(H,19,22)(H,20,21)/t16-/m0/s1. The van der Waals surface area contributed by atoms with Gasteiger partial charge in [0.1, 0.15) is 0 Å². The Morgan fingerprint density at radius 3 is 2.73 bits per heavy atom. The fourth-order valence-corrected chi connectivity index (χ4v) is 2.63. The van der Waals surface area contributed by atoms with Gasteiger partial charge in [-0.05, 0) is 37.1 Å². The zero-order chi connectivity index (χ0) is 15.5. The Hall–Kier alpha value is -2.62. The summed E-state index contributed by atoms with van der Waals surface area (Å²) in [5.41, 5.74) is 3.63. The van der Waals surface area contributed by atoms with Crippen LogP contribution in [0.25, 0.3) is 10.9 Å². The van der Waals surface area contributed by atoms with Crippen molar-refractivity contribution >= 4 is 16.8 Å². The molecule has 1 aromatic heterocycles. The third-order valence-corrected chi connectivity index (χ3v) is 3.93. The lowest BCUT2D eigenvalue weighted by atomic mass is 10.0. The number of rotatable bonds is 4. The number of amides is 1. The van der Waals surface area contributed by atoms with Crippen molar-refractivity contribution in [1.29, 1.82) is 0 Å². The van der Waals surface area contributed by atoms with E-state index in [0.29, 0.717) is 5.56 Å². The molecule has 2 aromatic carbocycles. The number of nitrogens with zero attached hydrogens (tertiary/aromatic N) is 1. The van der Waals surface area contributed by atoms with E-state index in [0.717, 1.165) is 28.6 Å². The molecule has 0 saturated heterocycles. The molecule has 1 atom stereocenters. The number of fused-ring (bicyclic) bond motifs is 1. The largest absolute Gasteiger partial charge is 0.345 e. The van der Waals surface area contributed by atoms with Gasteiger partial charge in [-0.15, -0.1) is 0 Å². The highest BCUT2D eigenvalue weighted by molar-refractivity contribution is 5.98. The molecule has 4 heteroatoms. The number of nitrogens with one attached hydrogen (secondary N) is 2. The molecule has 1 heterocycles. The highest BCUT2D eigenvalue weighted by Crippen LogP contribution is 2.19. The molecule has 0 bridgehead atoms. The number of carbonyl (C=O) groups excluding carboxylic acids is 1. The average Bonchev–Trinajstić information content (AvgIpc) is 2.94. The summed E-state index contributed by atoms with van der Waals surface area (Å²) in [6.45, 7) is 4.00. The first kappa shape index (κ1) is 14.3. The zero-order valence-electron chi connectivity index (χ0n) is 12.8. The van der Waals surface area contributed by atoms with Gasteiger partial charge in [-0.1, -0.05) is 37.3 Å². The Labute approximate surface area is 129 Å². The lowest BCUT2D eigenvalue weighted by molar-refractivity contribution is 0.0935. The van der Waals surface area contributed by atoms with Gasteiger partial charge < -0.3 is 5.32 Å². The number of H-pyrrole nitrogens is 1. The molecule has 112 valence electrons. The predicted octanol–water partition coefficient (Wildman–Crippen LogP) is 3.75. The van der Waals surface area contributed by atoms with Crippen LogP contribution in [-0.2, 0) is 0 Å². The van der Waals surface area contributed by atoms with Gasteiger partial charge in [0.05, 0.1) is 17.3 Å². The van der Waals surface area contributed by atoms with Crippen LogP contribution in [0.15, 0.2) is 48.5 Å². The highest BCUT2D eigenvalue weighted by atomic mass is 16.1. The number of aromatic amines is 1. The molecule has 3 rings (SSSR count). The molecule has 1 amide bonds. The maximum atomic E-state index is 12.5. The molecule has 0 saturated carbocycles. The number of benzene rings is 2. The Morgan fingerprint density at radius 1 is 1.23 bits per heavy atom. The SMILES string of the molecule is CC[C@H](NC(=O)c1ccc2[nH]nc(C)c2c1)c1ccccc1. The zero-order valence-corrected chi connectivity index (χ0v) is 12.8. The van der Waals surface area contributed by atoms with E-state index in [1.807, 2.05) is 55.5 Å². The fraction of sp³-hybridized carbons (Fsp3) is 0.222. The normalized spacial score (nSPS) is 12.3. The first-order chi connectivity index (χ1) is 10.7. The molecule has 0 aliphatic carbocycles. The van der Waals surface area contributed by atoms with Crippen LogP contribution < -0.4 is 5.32 Å². The Kier molecular flexibility index (Phi) is 3.92. The molecule has 0 aliphatic rings. The Bertz CT molecular complexity index is 792. The van der Waals surface area contributed by atoms with Gasteiger partial charge in [-0.25, -0.2) is 0 Å². The van der Waals surface area contributed by atoms with Crippen molar-refractivity contribution in [2.45, 2.75) is 26.3 Å². The second-order valence-corrected chi connectivity index (χ2v) is 5.41. The van der Waals surface area contributed by atoms with E-state index < -0.39 is 0 Å².